The Morgan fingerprint density at radius 3 is 2.59 bits per heavy atom. The van der Waals surface area contributed by atoms with Crippen molar-refractivity contribution in [2.24, 2.45) is 0 Å². The van der Waals surface area contributed by atoms with E-state index in [0.29, 0.717) is 6.61 Å². The van der Waals surface area contributed by atoms with Crippen molar-refractivity contribution in [2.45, 2.75) is 13.0 Å². The fourth-order valence-electron chi connectivity index (χ4n) is 4.49. The molecule has 0 radical (unpaired) electrons. The number of pyridine rings is 2. The smallest absolute Gasteiger partial charge is 0.159 e. The summed E-state index contributed by atoms with van der Waals surface area (Å²) in [6.07, 6.45) is 7.56. The summed E-state index contributed by atoms with van der Waals surface area (Å²) in [5.41, 5.74) is 6.27. The molecule has 0 spiro atoms. The van der Waals surface area contributed by atoms with Gasteiger partial charge in [0.2, 0.25) is 0 Å². The van der Waals surface area contributed by atoms with Crippen molar-refractivity contribution in [2.75, 3.05) is 44.9 Å². The molecule has 1 saturated heterocycles. The highest BCUT2D eigenvalue weighted by Gasteiger charge is 2.21. The van der Waals surface area contributed by atoms with E-state index in [1.54, 1.807) is 7.11 Å². The molecule has 34 heavy (non-hydrogen) atoms. The number of hydrogen-bond acceptors (Lipinski definition) is 6. The van der Waals surface area contributed by atoms with Crippen molar-refractivity contribution in [3.05, 3.63) is 84.6 Å². The van der Waals surface area contributed by atoms with Gasteiger partial charge in [0.15, 0.2) is 5.82 Å². The zero-order valence-electron chi connectivity index (χ0n) is 19.6. The molecular weight excluding hydrogens is 426 g/mol. The van der Waals surface area contributed by atoms with Gasteiger partial charge in [0.1, 0.15) is 5.69 Å². The highest BCUT2D eigenvalue weighted by molar-refractivity contribution is 5.70. The molecule has 1 fully saturated rings. The number of imidazole rings is 1. The Bertz CT molecular complexity index is 1230. The minimum atomic E-state index is 0.000436. The molecule has 3 aromatic heterocycles. The SMILES string of the molecule is COC[C@@H](c1ccccc1)n1c(C)cnc1-c1cc(-c2cncc(N3CCOCC3)c2)ccn1. The lowest BCUT2D eigenvalue weighted by Crippen LogP contribution is -2.36. The standard InChI is InChI=1S/C27H29N5O2/c1-20-16-30-27(32(20)26(19-33-2)21-6-4-3-5-7-21)25-15-22(8-9-29-25)23-14-24(18-28-17-23)31-10-12-34-13-11-31/h3-9,14-18,26H,10-13,19H2,1-2H3/t26-/m0/s1. The summed E-state index contributed by atoms with van der Waals surface area (Å²) in [6.45, 7) is 5.86. The lowest BCUT2D eigenvalue weighted by molar-refractivity contribution is 0.122. The van der Waals surface area contributed by atoms with Gasteiger partial charge in [-0.1, -0.05) is 30.3 Å². The third kappa shape index (κ3) is 4.58. The minimum absolute atomic E-state index is 0.000436. The molecule has 0 bridgehead atoms. The summed E-state index contributed by atoms with van der Waals surface area (Å²) >= 11 is 0. The monoisotopic (exact) mass is 455 g/mol. The van der Waals surface area contributed by atoms with E-state index < -0.39 is 0 Å². The number of ether oxygens (including phenoxy) is 2. The molecule has 1 aliphatic heterocycles. The average molecular weight is 456 g/mol. The van der Waals surface area contributed by atoms with E-state index in [9.17, 15) is 0 Å². The van der Waals surface area contributed by atoms with Crippen LogP contribution in [0.1, 0.15) is 17.3 Å². The number of anilines is 1. The van der Waals surface area contributed by atoms with Crippen LogP contribution in [0.5, 0.6) is 0 Å². The second-order valence-electron chi connectivity index (χ2n) is 8.44. The van der Waals surface area contributed by atoms with E-state index in [0.717, 1.165) is 60.3 Å². The first-order chi connectivity index (χ1) is 16.7. The van der Waals surface area contributed by atoms with Gasteiger partial charge in [0.05, 0.1) is 37.7 Å². The van der Waals surface area contributed by atoms with Gasteiger partial charge in [-0.05, 0) is 36.2 Å². The Kier molecular flexibility index (Phi) is 6.65. The molecule has 1 aromatic carbocycles. The van der Waals surface area contributed by atoms with Gasteiger partial charge < -0.3 is 18.9 Å². The average Bonchev–Trinajstić information content (AvgIpc) is 3.29. The molecule has 0 saturated carbocycles. The number of rotatable bonds is 7. The number of benzene rings is 1. The first-order valence-corrected chi connectivity index (χ1v) is 11.6. The summed E-state index contributed by atoms with van der Waals surface area (Å²) in [5, 5.41) is 0. The van der Waals surface area contributed by atoms with Crippen molar-refractivity contribution in [3.8, 4) is 22.6 Å². The normalized spacial score (nSPS) is 14.8. The topological polar surface area (TPSA) is 65.3 Å². The molecule has 5 rings (SSSR count). The Labute approximate surface area is 200 Å². The first kappa shape index (κ1) is 22.3. The predicted molar refractivity (Wildman–Crippen MR) is 133 cm³/mol. The molecule has 0 aliphatic carbocycles. The van der Waals surface area contributed by atoms with Gasteiger partial charge in [-0.25, -0.2) is 4.98 Å². The quantitative estimate of drug-likeness (QED) is 0.412. The lowest BCUT2D eigenvalue weighted by Gasteiger charge is -2.28. The Balaban J connectivity index is 1.52. The maximum atomic E-state index is 5.60. The van der Waals surface area contributed by atoms with Crippen LogP contribution in [0.4, 0.5) is 5.69 Å². The molecule has 4 aromatic rings. The van der Waals surface area contributed by atoms with Crippen LogP contribution in [0.15, 0.2) is 73.3 Å². The zero-order valence-corrected chi connectivity index (χ0v) is 19.6. The molecule has 7 heteroatoms. The highest BCUT2D eigenvalue weighted by Crippen LogP contribution is 2.30. The van der Waals surface area contributed by atoms with Crippen LogP contribution in [-0.4, -0.2) is 59.5 Å². The lowest BCUT2D eigenvalue weighted by atomic mass is 10.1. The summed E-state index contributed by atoms with van der Waals surface area (Å²) < 4.78 is 13.3. The summed E-state index contributed by atoms with van der Waals surface area (Å²) in [5.74, 6) is 0.822. The van der Waals surface area contributed by atoms with Crippen LogP contribution in [0.3, 0.4) is 0 Å². The van der Waals surface area contributed by atoms with Crippen molar-refractivity contribution >= 4 is 5.69 Å². The maximum Gasteiger partial charge on any atom is 0.159 e. The number of aromatic nitrogens is 4. The van der Waals surface area contributed by atoms with E-state index in [1.807, 2.05) is 36.9 Å². The number of methoxy groups -OCH3 is 1. The largest absolute Gasteiger partial charge is 0.382 e. The van der Waals surface area contributed by atoms with Crippen molar-refractivity contribution < 1.29 is 9.47 Å². The minimum Gasteiger partial charge on any atom is -0.382 e. The van der Waals surface area contributed by atoms with Crippen LogP contribution in [0.25, 0.3) is 22.6 Å². The van der Waals surface area contributed by atoms with Gasteiger partial charge in [0.25, 0.3) is 0 Å². The number of aryl methyl sites for hydroxylation is 1. The van der Waals surface area contributed by atoms with E-state index in [2.05, 4.69) is 62.8 Å². The van der Waals surface area contributed by atoms with Crippen molar-refractivity contribution in [3.63, 3.8) is 0 Å². The molecule has 7 nitrogen and oxygen atoms in total. The molecule has 0 unspecified atom stereocenters. The van der Waals surface area contributed by atoms with Gasteiger partial charge in [-0.2, -0.15) is 0 Å². The maximum absolute atomic E-state index is 5.60. The van der Waals surface area contributed by atoms with Crippen LogP contribution >= 0.6 is 0 Å². The van der Waals surface area contributed by atoms with Gasteiger partial charge in [-0.3, -0.25) is 9.97 Å². The fraction of sp³-hybridized carbons (Fsp3) is 0.296. The third-order valence-electron chi connectivity index (χ3n) is 6.22. The summed E-state index contributed by atoms with van der Waals surface area (Å²) in [7, 11) is 1.73. The molecule has 4 heterocycles. The number of nitrogens with zero attached hydrogens (tertiary/aromatic N) is 5. The van der Waals surface area contributed by atoms with Crippen LogP contribution < -0.4 is 4.90 Å². The molecule has 0 N–H and O–H groups in total. The van der Waals surface area contributed by atoms with E-state index in [1.165, 1.54) is 5.56 Å². The highest BCUT2D eigenvalue weighted by atomic mass is 16.5. The Morgan fingerprint density at radius 1 is 0.971 bits per heavy atom. The van der Waals surface area contributed by atoms with E-state index in [-0.39, 0.29) is 6.04 Å². The summed E-state index contributed by atoms with van der Waals surface area (Å²) in [6, 6.07) is 16.7. The summed E-state index contributed by atoms with van der Waals surface area (Å²) in [4.78, 5) is 16.3. The Morgan fingerprint density at radius 2 is 1.79 bits per heavy atom. The van der Waals surface area contributed by atoms with Gasteiger partial charge in [-0.15, -0.1) is 0 Å². The third-order valence-corrected chi connectivity index (χ3v) is 6.22. The molecule has 174 valence electrons. The van der Waals surface area contributed by atoms with E-state index >= 15 is 0 Å². The van der Waals surface area contributed by atoms with Crippen molar-refractivity contribution in [1.29, 1.82) is 0 Å². The van der Waals surface area contributed by atoms with Gasteiger partial charge in [0, 0.05) is 50.0 Å². The number of hydrogen-bond donors (Lipinski definition) is 0. The zero-order chi connectivity index (χ0) is 23.3. The Hall–Kier alpha value is -3.55. The number of morpholine rings is 1. The second-order valence-corrected chi connectivity index (χ2v) is 8.44. The molecule has 1 atom stereocenters. The van der Waals surface area contributed by atoms with Crippen LogP contribution in [0.2, 0.25) is 0 Å². The van der Waals surface area contributed by atoms with Crippen molar-refractivity contribution in [1.82, 2.24) is 19.5 Å². The molecule has 1 aliphatic rings. The van der Waals surface area contributed by atoms with Crippen LogP contribution in [-0.2, 0) is 9.47 Å². The second kappa shape index (κ2) is 10.2. The van der Waals surface area contributed by atoms with E-state index in [4.69, 9.17) is 14.5 Å². The predicted octanol–water partition coefficient (Wildman–Crippen LogP) is 4.39. The molecule has 0 amide bonds. The fourth-order valence-corrected chi connectivity index (χ4v) is 4.49. The first-order valence-electron chi connectivity index (χ1n) is 11.6. The van der Waals surface area contributed by atoms with Crippen LogP contribution in [0, 0.1) is 6.92 Å². The van der Waals surface area contributed by atoms with Gasteiger partial charge >= 0.3 is 0 Å². The molecular formula is C27H29N5O2.